The molecule has 1 saturated heterocycles. The van der Waals surface area contributed by atoms with Crippen molar-refractivity contribution in [1.29, 1.82) is 0 Å². The molecule has 1 atom stereocenters. The Bertz CT molecular complexity index is 173. The van der Waals surface area contributed by atoms with E-state index >= 15 is 0 Å². The molecular formula is C9H18N2O2. The molecule has 0 radical (unpaired) electrons. The van der Waals surface area contributed by atoms with E-state index in [2.05, 4.69) is 5.32 Å². The van der Waals surface area contributed by atoms with Crippen molar-refractivity contribution in [3.8, 4) is 0 Å². The van der Waals surface area contributed by atoms with Gasteiger partial charge in [0.1, 0.15) is 0 Å². The lowest BCUT2D eigenvalue weighted by molar-refractivity contribution is 0.0711. The number of carbonyl (C=O) groups excluding carboxylic acids is 1. The Balaban J connectivity index is 2.42. The standard InChI is InChI=1S/C9H18N2O2/c1-3-10-9(12)11-5-4-6-13-8(2)7-11/h8H,3-7H2,1-2H3,(H,10,12). The first-order valence-corrected chi connectivity index (χ1v) is 4.88. The maximum atomic E-state index is 11.5. The summed E-state index contributed by atoms with van der Waals surface area (Å²) in [5.41, 5.74) is 0. The van der Waals surface area contributed by atoms with Gasteiger partial charge in [-0.2, -0.15) is 0 Å². The van der Waals surface area contributed by atoms with E-state index in [1.807, 2.05) is 18.7 Å². The minimum absolute atomic E-state index is 0.0276. The predicted octanol–water partition coefficient (Wildman–Crippen LogP) is 0.827. The molecule has 0 spiro atoms. The molecule has 1 rings (SSSR count). The summed E-state index contributed by atoms with van der Waals surface area (Å²) in [4.78, 5) is 13.3. The molecule has 1 fully saturated rings. The molecule has 1 N–H and O–H groups in total. The van der Waals surface area contributed by atoms with Crippen LogP contribution in [-0.2, 0) is 4.74 Å². The average Bonchev–Trinajstić information content (AvgIpc) is 2.30. The van der Waals surface area contributed by atoms with E-state index in [4.69, 9.17) is 4.74 Å². The topological polar surface area (TPSA) is 41.6 Å². The van der Waals surface area contributed by atoms with Gasteiger partial charge in [-0.3, -0.25) is 0 Å². The van der Waals surface area contributed by atoms with Crippen LogP contribution < -0.4 is 5.32 Å². The smallest absolute Gasteiger partial charge is 0.317 e. The van der Waals surface area contributed by atoms with Crippen molar-refractivity contribution >= 4 is 6.03 Å². The Hall–Kier alpha value is -0.770. The van der Waals surface area contributed by atoms with Gasteiger partial charge in [-0.25, -0.2) is 4.79 Å². The van der Waals surface area contributed by atoms with Gasteiger partial charge in [-0.1, -0.05) is 0 Å². The number of amides is 2. The number of ether oxygens (including phenoxy) is 1. The lowest BCUT2D eigenvalue weighted by Crippen LogP contribution is -2.42. The SMILES string of the molecule is CCNC(=O)N1CCCOC(C)C1. The highest BCUT2D eigenvalue weighted by Crippen LogP contribution is 2.04. The number of nitrogens with zero attached hydrogens (tertiary/aromatic N) is 1. The van der Waals surface area contributed by atoms with Gasteiger partial charge in [0.15, 0.2) is 0 Å². The molecule has 2 amide bonds. The largest absolute Gasteiger partial charge is 0.377 e. The van der Waals surface area contributed by atoms with Crippen LogP contribution in [0.1, 0.15) is 20.3 Å². The van der Waals surface area contributed by atoms with Crippen LogP contribution in [0.5, 0.6) is 0 Å². The van der Waals surface area contributed by atoms with Gasteiger partial charge in [-0.15, -0.1) is 0 Å². The van der Waals surface area contributed by atoms with Gasteiger partial charge in [0.2, 0.25) is 0 Å². The zero-order chi connectivity index (χ0) is 9.68. The average molecular weight is 186 g/mol. The molecule has 0 saturated carbocycles. The summed E-state index contributed by atoms with van der Waals surface area (Å²) in [6, 6.07) is 0.0276. The van der Waals surface area contributed by atoms with Crippen molar-refractivity contribution < 1.29 is 9.53 Å². The van der Waals surface area contributed by atoms with Crippen LogP contribution in [0.4, 0.5) is 4.79 Å². The van der Waals surface area contributed by atoms with E-state index in [0.717, 1.165) is 19.6 Å². The normalized spacial score (nSPS) is 23.8. The third kappa shape index (κ3) is 3.22. The van der Waals surface area contributed by atoms with Crippen LogP contribution >= 0.6 is 0 Å². The summed E-state index contributed by atoms with van der Waals surface area (Å²) < 4.78 is 5.44. The van der Waals surface area contributed by atoms with Crippen LogP contribution in [0.15, 0.2) is 0 Å². The van der Waals surface area contributed by atoms with E-state index in [-0.39, 0.29) is 12.1 Å². The van der Waals surface area contributed by atoms with Crippen LogP contribution in [0, 0.1) is 0 Å². The Morgan fingerprint density at radius 2 is 2.46 bits per heavy atom. The Kier molecular flexibility index (Phi) is 4.02. The number of carbonyl (C=O) groups is 1. The van der Waals surface area contributed by atoms with Gasteiger partial charge in [-0.05, 0) is 20.3 Å². The van der Waals surface area contributed by atoms with Gasteiger partial charge in [0.25, 0.3) is 0 Å². The highest BCUT2D eigenvalue weighted by Gasteiger charge is 2.18. The van der Waals surface area contributed by atoms with Crippen LogP contribution in [0.3, 0.4) is 0 Å². The maximum absolute atomic E-state index is 11.5. The van der Waals surface area contributed by atoms with Crippen molar-refractivity contribution in [3.05, 3.63) is 0 Å². The van der Waals surface area contributed by atoms with Crippen molar-refractivity contribution in [2.45, 2.75) is 26.4 Å². The van der Waals surface area contributed by atoms with E-state index in [0.29, 0.717) is 13.1 Å². The third-order valence-corrected chi connectivity index (χ3v) is 2.07. The molecule has 4 heteroatoms. The summed E-state index contributed by atoms with van der Waals surface area (Å²) in [6.07, 6.45) is 1.09. The first-order chi connectivity index (χ1) is 6.24. The van der Waals surface area contributed by atoms with E-state index in [9.17, 15) is 4.79 Å². The maximum Gasteiger partial charge on any atom is 0.317 e. The Morgan fingerprint density at radius 3 is 3.15 bits per heavy atom. The Labute approximate surface area is 79.2 Å². The molecule has 1 aliphatic rings. The zero-order valence-electron chi connectivity index (χ0n) is 8.38. The van der Waals surface area contributed by atoms with Crippen LogP contribution in [-0.4, -0.2) is 43.3 Å². The number of hydrogen-bond acceptors (Lipinski definition) is 2. The molecule has 1 heterocycles. The van der Waals surface area contributed by atoms with Crippen LogP contribution in [0.25, 0.3) is 0 Å². The summed E-state index contributed by atoms with van der Waals surface area (Å²) in [6.45, 7) is 6.87. The second-order valence-corrected chi connectivity index (χ2v) is 3.32. The minimum Gasteiger partial charge on any atom is -0.377 e. The molecule has 0 aromatic rings. The fourth-order valence-electron chi connectivity index (χ4n) is 1.44. The summed E-state index contributed by atoms with van der Waals surface area (Å²) in [5.74, 6) is 0. The number of hydrogen-bond donors (Lipinski definition) is 1. The summed E-state index contributed by atoms with van der Waals surface area (Å²) >= 11 is 0. The quantitative estimate of drug-likeness (QED) is 0.659. The number of nitrogens with one attached hydrogen (secondary N) is 1. The van der Waals surface area contributed by atoms with Crippen molar-refractivity contribution in [2.75, 3.05) is 26.2 Å². The predicted molar refractivity (Wildman–Crippen MR) is 50.7 cm³/mol. The second-order valence-electron chi connectivity index (χ2n) is 3.32. The van der Waals surface area contributed by atoms with E-state index in [1.54, 1.807) is 0 Å². The first kappa shape index (κ1) is 10.3. The molecule has 1 aliphatic heterocycles. The fourth-order valence-corrected chi connectivity index (χ4v) is 1.44. The summed E-state index contributed by atoms with van der Waals surface area (Å²) in [7, 11) is 0. The molecular weight excluding hydrogens is 168 g/mol. The first-order valence-electron chi connectivity index (χ1n) is 4.88. The lowest BCUT2D eigenvalue weighted by atomic mass is 10.3. The molecule has 0 bridgehead atoms. The van der Waals surface area contributed by atoms with Gasteiger partial charge < -0.3 is 15.0 Å². The Morgan fingerprint density at radius 1 is 1.69 bits per heavy atom. The lowest BCUT2D eigenvalue weighted by Gasteiger charge is -2.21. The van der Waals surface area contributed by atoms with Gasteiger partial charge >= 0.3 is 6.03 Å². The zero-order valence-corrected chi connectivity index (χ0v) is 8.38. The van der Waals surface area contributed by atoms with Gasteiger partial charge in [0.05, 0.1) is 6.10 Å². The third-order valence-electron chi connectivity index (χ3n) is 2.07. The molecule has 0 aliphatic carbocycles. The summed E-state index contributed by atoms with van der Waals surface area (Å²) in [5, 5.41) is 2.80. The molecule has 0 aromatic carbocycles. The highest BCUT2D eigenvalue weighted by molar-refractivity contribution is 5.74. The van der Waals surface area contributed by atoms with Crippen molar-refractivity contribution in [3.63, 3.8) is 0 Å². The van der Waals surface area contributed by atoms with Crippen molar-refractivity contribution in [2.24, 2.45) is 0 Å². The molecule has 1 unspecified atom stereocenters. The molecule has 4 nitrogen and oxygen atoms in total. The molecule has 0 aromatic heterocycles. The monoisotopic (exact) mass is 186 g/mol. The van der Waals surface area contributed by atoms with E-state index in [1.165, 1.54) is 0 Å². The number of urea groups is 1. The molecule has 76 valence electrons. The highest BCUT2D eigenvalue weighted by atomic mass is 16.5. The second kappa shape index (κ2) is 5.07. The van der Waals surface area contributed by atoms with Gasteiger partial charge in [0, 0.05) is 26.2 Å². The van der Waals surface area contributed by atoms with E-state index < -0.39 is 0 Å². The van der Waals surface area contributed by atoms with Crippen LogP contribution in [0.2, 0.25) is 0 Å². The number of rotatable bonds is 1. The minimum atomic E-state index is 0.0276. The van der Waals surface area contributed by atoms with Crippen molar-refractivity contribution in [1.82, 2.24) is 10.2 Å². The molecule has 13 heavy (non-hydrogen) atoms. The fraction of sp³-hybridized carbons (Fsp3) is 0.889.